The summed E-state index contributed by atoms with van der Waals surface area (Å²) in [4.78, 5) is 16.0. The monoisotopic (exact) mass is 258 g/mol. The van der Waals surface area contributed by atoms with Crippen molar-refractivity contribution in [3.63, 3.8) is 0 Å². The molecule has 0 N–H and O–H groups in total. The summed E-state index contributed by atoms with van der Waals surface area (Å²) in [5.74, 6) is 0.146. The Balaban J connectivity index is 2.03. The molecule has 0 radical (unpaired) electrons. The summed E-state index contributed by atoms with van der Waals surface area (Å²) in [6.45, 7) is 11.2. The molecule has 2 rings (SSSR count). The molecule has 0 unspecified atom stereocenters. The summed E-state index contributed by atoms with van der Waals surface area (Å²) in [6, 6.07) is 10.6. The molecule has 1 amide bonds. The lowest BCUT2D eigenvalue weighted by molar-refractivity contribution is -0.132. The SMILES string of the molecule is C=C(C)[C@@H]1CN(Cc2ccccc2)CCN1C(C)=O. The predicted octanol–water partition coefficient (Wildman–Crippen LogP) is 2.30. The van der Waals surface area contributed by atoms with E-state index in [1.807, 2.05) is 17.9 Å². The number of hydrogen-bond acceptors (Lipinski definition) is 2. The third-order valence-corrected chi connectivity index (χ3v) is 3.69. The van der Waals surface area contributed by atoms with Crippen molar-refractivity contribution in [3.05, 3.63) is 48.0 Å². The Morgan fingerprint density at radius 1 is 1.26 bits per heavy atom. The van der Waals surface area contributed by atoms with Gasteiger partial charge in [0.25, 0.3) is 0 Å². The molecule has 3 heteroatoms. The van der Waals surface area contributed by atoms with Crippen LogP contribution in [0.3, 0.4) is 0 Å². The lowest BCUT2D eigenvalue weighted by Gasteiger charge is -2.41. The molecule has 19 heavy (non-hydrogen) atoms. The highest BCUT2D eigenvalue weighted by molar-refractivity contribution is 5.74. The van der Waals surface area contributed by atoms with Crippen molar-refractivity contribution in [2.45, 2.75) is 26.4 Å². The molecule has 1 atom stereocenters. The third kappa shape index (κ3) is 3.44. The quantitative estimate of drug-likeness (QED) is 0.777. The first kappa shape index (κ1) is 13.8. The Morgan fingerprint density at radius 3 is 2.53 bits per heavy atom. The second-order valence-corrected chi connectivity index (χ2v) is 5.30. The maximum atomic E-state index is 11.6. The Kier molecular flexibility index (Phi) is 4.38. The Hall–Kier alpha value is -1.61. The molecule has 0 saturated carbocycles. The summed E-state index contributed by atoms with van der Waals surface area (Å²) in [6.07, 6.45) is 0. The van der Waals surface area contributed by atoms with Crippen LogP contribution < -0.4 is 0 Å². The van der Waals surface area contributed by atoms with Crippen LogP contribution in [0.15, 0.2) is 42.5 Å². The van der Waals surface area contributed by atoms with Crippen LogP contribution >= 0.6 is 0 Å². The fourth-order valence-electron chi connectivity index (χ4n) is 2.62. The van der Waals surface area contributed by atoms with Gasteiger partial charge >= 0.3 is 0 Å². The van der Waals surface area contributed by atoms with E-state index in [9.17, 15) is 4.79 Å². The molecule has 1 fully saturated rings. The van der Waals surface area contributed by atoms with Crippen LogP contribution in [0.2, 0.25) is 0 Å². The fourth-order valence-corrected chi connectivity index (χ4v) is 2.62. The van der Waals surface area contributed by atoms with E-state index in [2.05, 4.69) is 35.7 Å². The number of rotatable bonds is 3. The van der Waals surface area contributed by atoms with E-state index in [-0.39, 0.29) is 11.9 Å². The van der Waals surface area contributed by atoms with Gasteiger partial charge in [0.2, 0.25) is 5.91 Å². The van der Waals surface area contributed by atoms with Crippen LogP contribution in [0, 0.1) is 0 Å². The van der Waals surface area contributed by atoms with E-state index in [1.54, 1.807) is 6.92 Å². The molecule has 102 valence electrons. The van der Waals surface area contributed by atoms with Crippen molar-refractivity contribution in [1.29, 1.82) is 0 Å². The topological polar surface area (TPSA) is 23.6 Å². The minimum Gasteiger partial charge on any atom is -0.334 e. The fraction of sp³-hybridized carbons (Fsp3) is 0.438. The average molecular weight is 258 g/mol. The standard InChI is InChI=1S/C16H22N2O/c1-13(2)16-12-17(9-10-18(16)14(3)19)11-15-7-5-4-6-8-15/h4-8,16H,1,9-12H2,2-3H3/t16-/m0/s1. The molecule has 1 saturated heterocycles. The number of hydrogen-bond donors (Lipinski definition) is 0. The lowest BCUT2D eigenvalue weighted by Crippen LogP contribution is -2.54. The lowest BCUT2D eigenvalue weighted by atomic mass is 10.0. The van der Waals surface area contributed by atoms with Crippen LogP contribution in [-0.2, 0) is 11.3 Å². The number of carbonyl (C=O) groups excluding carboxylic acids is 1. The largest absolute Gasteiger partial charge is 0.334 e. The first-order valence-electron chi connectivity index (χ1n) is 6.77. The smallest absolute Gasteiger partial charge is 0.220 e. The summed E-state index contributed by atoms with van der Waals surface area (Å²) in [5.41, 5.74) is 2.38. The van der Waals surface area contributed by atoms with Gasteiger partial charge < -0.3 is 4.90 Å². The van der Waals surface area contributed by atoms with Crippen LogP contribution in [0.25, 0.3) is 0 Å². The molecule has 0 aliphatic carbocycles. The number of amides is 1. The number of benzene rings is 1. The number of nitrogens with zero attached hydrogens (tertiary/aromatic N) is 2. The molecule has 1 aromatic carbocycles. The molecule has 1 aliphatic rings. The van der Waals surface area contributed by atoms with Crippen molar-refractivity contribution in [1.82, 2.24) is 9.80 Å². The number of piperazine rings is 1. The second kappa shape index (κ2) is 6.02. The summed E-state index contributed by atoms with van der Waals surface area (Å²) in [5, 5.41) is 0. The zero-order valence-corrected chi connectivity index (χ0v) is 11.8. The zero-order valence-electron chi connectivity index (χ0n) is 11.8. The molecule has 1 aliphatic heterocycles. The van der Waals surface area contributed by atoms with Gasteiger partial charge in [-0.1, -0.05) is 42.5 Å². The van der Waals surface area contributed by atoms with Gasteiger partial charge in [-0.15, -0.1) is 0 Å². The van der Waals surface area contributed by atoms with E-state index in [0.29, 0.717) is 0 Å². The van der Waals surface area contributed by atoms with E-state index in [1.165, 1.54) is 5.56 Å². The van der Waals surface area contributed by atoms with Crippen molar-refractivity contribution in [3.8, 4) is 0 Å². The van der Waals surface area contributed by atoms with Crippen molar-refractivity contribution in [2.75, 3.05) is 19.6 Å². The summed E-state index contributed by atoms with van der Waals surface area (Å²) < 4.78 is 0. The van der Waals surface area contributed by atoms with Crippen LogP contribution in [0.5, 0.6) is 0 Å². The van der Waals surface area contributed by atoms with Gasteiger partial charge in [0.1, 0.15) is 0 Å². The highest BCUT2D eigenvalue weighted by atomic mass is 16.2. The highest BCUT2D eigenvalue weighted by Gasteiger charge is 2.28. The predicted molar refractivity (Wildman–Crippen MR) is 77.7 cm³/mol. The average Bonchev–Trinajstić information content (AvgIpc) is 2.39. The maximum Gasteiger partial charge on any atom is 0.220 e. The van der Waals surface area contributed by atoms with E-state index >= 15 is 0 Å². The molecule has 0 bridgehead atoms. The Labute approximate surface area is 115 Å². The van der Waals surface area contributed by atoms with E-state index in [0.717, 1.165) is 31.8 Å². The molecule has 0 spiro atoms. The van der Waals surface area contributed by atoms with Crippen LogP contribution in [0.4, 0.5) is 0 Å². The number of carbonyl (C=O) groups is 1. The third-order valence-electron chi connectivity index (χ3n) is 3.69. The second-order valence-electron chi connectivity index (χ2n) is 5.30. The summed E-state index contributed by atoms with van der Waals surface area (Å²) >= 11 is 0. The minimum atomic E-state index is 0.146. The molecule has 1 heterocycles. The van der Waals surface area contributed by atoms with Gasteiger partial charge in [-0.3, -0.25) is 9.69 Å². The molecule has 3 nitrogen and oxygen atoms in total. The molecular weight excluding hydrogens is 236 g/mol. The first-order chi connectivity index (χ1) is 9.08. The van der Waals surface area contributed by atoms with Crippen LogP contribution in [-0.4, -0.2) is 41.4 Å². The maximum absolute atomic E-state index is 11.6. The normalized spacial score (nSPS) is 20.3. The van der Waals surface area contributed by atoms with Gasteiger partial charge in [0.05, 0.1) is 6.04 Å². The van der Waals surface area contributed by atoms with Gasteiger partial charge in [-0.2, -0.15) is 0 Å². The molecule has 1 aromatic rings. The highest BCUT2D eigenvalue weighted by Crippen LogP contribution is 2.18. The van der Waals surface area contributed by atoms with Gasteiger partial charge in [-0.05, 0) is 12.5 Å². The Morgan fingerprint density at radius 2 is 1.95 bits per heavy atom. The van der Waals surface area contributed by atoms with Crippen molar-refractivity contribution < 1.29 is 4.79 Å². The van der Waals surface area contributed by atoms with E-state index in [4.69, 9.17) is 0 Å². The van der Waals surface area contributed by atoms with Crippen molar-refractivity contribution in [2.24, 2.45) is 0 Å². The Bertz CT molecular complexity index is 455. The minimum absolute atomic E-state index is 0.146. The first-order valence-corrected chi connectivity index (χ1v) is 6.77. The molecular formula is C16H22N2O. The van der Waals surface area contributed by atoms with Crippen molar-refractivity contribution >= 4 is 5.91 Å². The molecule has 0 aromatic heterocycles. The zero-order chi connectivity index (χ0) is 13.8. The van der Waals surface area contributed by atoms with Crippen LogP contribution in [0.1, 0.15) is 19.4 Å². The van der Waals surface area contributed by atoms with Gasteiger partial charge in [0, 0.05) is 33.1 Å². The van der Waals surface area contributed by atoms with E-state index < -0.39 is 0 Å². The van der Waals surface area contributed by atoms with Gasteiger partial charge in [0.15, 0.2) is 0 Å². The summed E-state index contributed by atoms with van der Waals surface area (Å²) in [7, 11) is 0. The van der Waals surface area contributed by atoms with Gasteiger partial charge in [-0.25, -0.2) is 0 Å².